The summed E-state index contributed by atoms with van der Waals surface area (Å²) in [5.74, 6) is 0. The molecule has 0 unspecified atom stereocenters. The average Bonchev–Trinajstić information content (AvgIpc) is 2.34. The minimum atomic E-state index is -6.04. The summed E-state index contributed by atoms with van der Waals surface area (Å²) < 4.78 is 90.6. The third kappa shape index (κ3) is 2.16. The zero-order valence-corrected chi connectivity index (χ0v) is 10.2. The van der Waals surface area contributed by atoms with E-state index in [1.165, 1.54) is 6.07 Å². The zero-order valence-electron chi connectivity index (χ0n) is 10.2. The van der Waals surface area contributed by atoms with Crippen LogP contribution in [0.4, 0.5) is 30.7 Å². The van der Waals surface area contributed by atoms with Crippen molar-refractivity contribution in [2.45, 2.75) is 43.7 Å². The maximum Gasteiger partial charge on any atom is 0.435 e. The standard InChI is InChI=1S/C13H11F7/c14-11(12(15,16)17,13(18,19)20)10-7-3-5-8-4-1-2-6-9(8)10/h3,5,7H,1-2,4,6H2. The topological polar surface area (TPSA) is 0 Å². The van der Waals surface area contributed by atoms with Crippen molar-refractivity contribution in [1.29, 1.82) is 0 Å². The molecule has 1 aromatic carbocycles. The highest BCUT2D eigenvalue weighted by Gasteiger charge is 2.74. The Balaban J connectivity index is 2.68. The molecule has 0 nitrogen and oxygen atoms in total. The van der Waals surface area contributed by atoms with Crippen molar-refractivity contribution in [3.8, 4) is 0 Å². The van der Waals surface area contributed by atoms with Crippen LogP contribution < -0.4 is 0 Å². The maximum atomic E-state index is 14.1. The van der Waals surface area contributed by atoms with Crippen LogP contribution in [0.5, 0.6) is 0 Å². The molecule has 0 heterocycles. The van der Waals surface area contributed by atoms with E-state index in [0.29, 0.717) is 30.9 Å². The minimum Gasteiger partial charge on any atom is -0.218 e. The summed E-state index contributed by atoms with van der Waals surface area (Å²) in [5.41, 5.74) is -6.42. The lowest BCUT2D eigenvalue weighted by molar-refractivity contribution is -0.348. The molecule has 0 aromatic heterocycles. The molecule has 2 rings (SSSR count). The third-order valence-corrected chi connectivity index (χ3v) is 3.55. The summed E-state index contributed by atoms with van der Waals surface area (Å²) >= 11 is 0. The van der Waals surface area contributed by atoms with Crippen LogP contribution >= 0.6 is 0 Å². The van der Waals surface area contributed by atoms with E-state index in [1.807, 2.05) is 0 Å². The van der Waals surface area contributed by atoms with Gasteiger partial charge in [0.2, 0.25) is 0 Å². The quantitative estimate of drug-likeness (QED) is 0.650. The number of fused-ring (bicyclic) bond motifs is 1. The van der Waals surface area contributed by atoms with Gasteiger partial charge in [-0.3, -0.25) is 0 Å². The molecule has 0 bridgehead atoms. The fourth-order valence-electron chi connectivity index (χ4n) is 2.57. The Morgan fingerprint density at radius 2 is 1.30 bits per heavy atom. The summed E-state index contributed by atoms with van der Waals surface area (Å²) in [5, 5.41) is 0. The molecule has 7 heteroatoms. The van der Waals surface area contributed by atoms with Gasteiger partial charge in [-0.05, 0) is 36.8 Å². The minimum absolute atomic E-state index is 0.0311. The Kier molecular flexibility index (Phi) is 3.50. The first kappa shape index (κ1) is 15.1. The van der Waals surface area contributed by atoms with E-state index in [-0.39, 0.29) is 12.0 Å². The SMILES string of the molecule is FC(F)(F)C(F)(c1cccc2c1CCCC2)C(F)(F)F. The molecule has 1 aromatic rings. The summed E-state index contributed by atoms with van der Waals surface area (Å²) in [4.78, 5) is 0. The second-order valence-corrected chi connectivity index (χ2v) is 4.80. The van der Waals surface area contributed by atoms with Gasteiger partial charge in [0.05, 0.1) is 0 Å². The first-order chi connectivity index (χ1) is 9.09. The average molecular weight is 300 g/mol. The van der Waals surface area contributed by atoms with Crippen LogP contribution in [0.25, 0.3) is 0 Å². The van der Waals surface area contributed by atoms with Gasteiger partial charge in [-0.25, -0.2) is 4.39 Å². The number of alkyl halides is 7. The number of hydrogen-bond donors (Lipinski definition) is 0. The maximum absolute atomic E-state index is 14.1. The summed E-state index contributed by atoms with van der Waals surface area (Å²) in [6.07, 6.45) is -10.6. The van der Waals surface area contributed by atoms with Gasteiger partial charge in [-0.1, -0.05) is 18.2 Å². The number of hydrogen-bond acceptors (Lipinski definition) is 0. The van der Waals surface area contributed by atoms with Crippen LogP contribution in [-0.4, -0.2) is 12.4 Å². The Morgan fingerprint density at radius 1 is 0.750 bits per heavy atom. The van der Waals surface area contributed by atoms with E-state index in [0.717, 1.165) is 6.07 Å². The highest BCUT2D eigenvalue weighted by molar-refractivity contribution is 5.42. The molecule has 0 N–H and O–H groups in total. The van der Waals surface area contributed by atoms with Crippen molar-refractivity contribution >= 4 is 0 Å². The summed E-state index contributed by atoms with van der Waals surface area (Å²) in [6, 6.07) is 3.08. The Morgan fingerprint density at radius 3 is 1.85 bits per heavy atom. The number of aryl methyl sites for hydroxylation is 1. The molecular formula is C13H11F7. The molecule has 112 valence electrons. The molecule has 0 radical (unpaired) electrons. The fourth-order valence-corrected chi connectivity index (χ4v) is 2.57. The zero-order chi connectivity index (χ0) is 15.2. The molecule has 0 spiro atoms. The third-order valence-electron chi connectivity index (χ3n) is 3.55. The van der Waals surface area contributed by atoms with Crippen molar-refractivity contribution in [2.75, 3.05) is 0 Å². The largest absolute Gasteiger partial charge is 0.435 e. The Labute approximate surface area is 110 Å². The molecule has 0 saturated carbocycles. The molecule has 0 atom stereocenters. The van der Waals surface area contributed by atoms with Gasteiger partial charge in [-0.2, -0.15) is 26.3 Å². The van der Waals surface area contributed by atoms with E-state index in [9.17, 15) is 30.7 Å². The number of benzene rings is 1. The van der Waals surface area contributed by atoms with Gasteiger partial charge < -0.3 is 0 Å². The van der Waals surface area contributed by atoms with Crippen LogP contribution in [-0.2, 0) is 18.5 Å². The van der Waals surface area contributed by atoms with Gasteiger partial charge in [-0.15, -0.1) is 0 Å². The van der Waals surface area contributed by atoms with Gasteiger partial charge in [0, 0.05) is 5.56 Å². The van der Waals surface area contributed by atoms with Gasteiger partial charge in [0.15, 0.2) is 0 Å². The molecule has 0 saturated heterocycles. The Hall–Kier alpha value is -1.27. The van der Waals surface area contributed by atoms with Crippen molar-refractivity contribution in [3.05, 3.63) is 34.9 Å². The lowest BCUT2D eigenvalue weighted by Gasteiger charge is -2.33. The molecule has 20 heavy (non-hydrogen) atoms. The highest BCUT2D eigenvalue weighted by atomic mass is 19.4. The van der Waals surface area contributed by atoms with Crippen LogP contribution in [0, 0.1) is 0 Å². The molecule has 0 aliphatic heterocycles. The van der Waals surface area contributed by atoms with Gasteiger partial charge in [0.1, 0.15) is 0 Å². The highest BCUT2D eigenvalue weighted by Crippen LogP contribution is 2.54. The van der Waals surface area contributed by atoms with Gasteiger partial charge >= 0.3 is 18.0 Å². The van der Waals surface area contributed by atoms with E-state index in [4.69, 9.17) is 0 Å². The summed E-state index contributed by atoms with van der Waals surface area (Å²) in [6.45, 7) is 0. The predicted octanol–water partition coefficient (Wildman–Crippen LogP) is 4.85. The molecule has 1 aliphatic rings. The summed E-state index contributed by atoms with van der Waals surface area (Å²) in [7, 11) is 0. The van der Waals surface area contributed by atoms with Gasteiger partial charge in [0.25, 0.3) is 0 Å². The number of halogens is 7. The van der Waals surface area contributed by atoms with Crippen molar-refractivity contribution in [3.63, 3.8) is 0 Å². The van der Waals surface area contributed by atoms with Crippen LogP contribution in [0.1, 0.15) is 29.5 Å². The number of rotatable bonds is 1. The molecular weight excluding hydrogens is 289 g/mol. The van der Waals surface area contributed by atoms with Crippen molar-refractivity contribution in [2.24, 2.45) is 0 Å². The first-order valence-electron chi connectivity index (χ1n) is 6.02. The second-order valence-electron chi connectivity index (χ2n) is 4.80. The Bertz CT molecular complexity index is 484. The predicted molar refractivity (Wildman–Crippen MR) is 58.0 cm³/mol. The smallest absolute Gasteiger partial charge is 0.218 e. The lowest BCUT2D eigenvalue weighted by Crippen LogP contribution is -2.51. The normalized spacial score (nSPS) is 16.9. The van der Waals surface area contributed by atoms with Crippen LogP contribution in [0.2, 0.25) is 0 Å². The fraction of sp³-hybridized carbons (Fsp3) is 0.538. The van der Waals surface area contributed by atoms with Crippen LogP contribution in [0.15, 0.2) is 18.2 Å². The van der Waals surface area contributed by atoms with E-state index in [2.05, 4.69) is 0 Å². The monoisotopic (exact) mass is 300 g/mol. The van der Waals surface area contributed by atoms with Crippen LogP contribution in [0.3, 0.4) is 0 Å². The van der Waals surface area contributed by atoms with Crippen molar-refractivity contribution < 1.29 is 30.7 Å². The molecule has 0 fully saturated rings. The van der Waals surface area contributed by atoms with E-state index >= 15 is 0 Å². The van der Waals surface area contributed by atoms with Crippen molar-refractivity contribution in [1.82, 2.24) is 0 Å². The van der Waals surface area contributed by atoms with E-state index in [1.54, 1.807) is 0 Å². The first-order valence-corrected chi connectivity index (χ1v) is 6.02. The molecule has 1 aliphatic carbocycles. The van der Waals surface area contributed by atoms with E-state index < -0.39 is 23.6 Å². The second kappa shape index (κ2) is 4.63. The lowest BCUT2D eigenvalue weighted by atomic mass is 9.81. The molecule has 0 amide bonds.